The number of ether oxygens (including phenoxy) is 4. The molecule has 0 radical (unpaired) electrons. The van der Waals surface area contributed by atoms with Gasteiger partial charge in [-0.2, -0.15) is 0 Å². The van der Waals surface area contributed by atoms with Gasteiger partial charge in [0.1, 0.15) is 24.7 Å². The maximum absolute atomic E-state index is 12.2. The van der Waals surface area contributed by atoms with Crippen LogP contribution in [0.4, 0.5) is 0 Å². The van der Waals surface area contributed by atoms with E-state index in [2.05, 4.69) is 5.32 Å². The van der Waals surface area contributed by atoms with Crippen molar-refractivity contribution in [3.63, 3.8) is 0 Å². The Morgan fingerprint density at radius 2 is 1.62 bits per heavy atom. The highest BCUT2D eigenvalue weighted by molar-refractivity contribution is 5.91. The van der Waals surface area contributed by atoms with Crippen LogP contribution in [-0.4, -0.2) is 39.4 Å². The minimum atomic E-state index is -0.148. The van der Waals surface area contributed by atoms with Gasteiger partial charge in [0.2, 0.25) is 5.91 Å². The Morgan fingerprint density at radius 3 is 2.35 bits per heavy atom. The summed E-state index contributed by atoms with van der Waals surface area (Å²) in [5.41, 5.74) is 1.98. The molecule has 0 saturated heterocycles. The Bertz CT molecular complexity index is 1050. The van der Waals surface area contributed by atoms with E-state index < -0.39 is 0 Å². The van der Waals surface area contributed by atoms with Gasteiger partial charge in [0.25, 0.3) is 0 Å². The van der Waals surface area contributed by atoms with Gasteiger partial charge in [0.15, 0.2) is 11.5 Å². The number of amides is 1. The summed E-state index contributed by atoms with van der Waals surface area (Å²) in [6.07, 6.45) is 4.03. The number of methoxy groups -OCH3 is 1. The predicted molar refractivity (Wildman–Crippen MR) is 134 cm³/mol. The molecule has 1 amide bonds. The molecule has 3 aromatic carbocycles. The lowest BCUT2D eigenvalue weighted by Gasteiger charge is -2.13. The molecular weight excluding hydrogens is 430 g/mol. The van der Waals surface area contributed by atoms with E-state index in [4.69, 9.17) is 18.9 Å². The Morgan fingerprint density at radius 1 is 0.853 bits per heavy atom. The molecular formula is C28H31NO5. The first-order valence-corrected chi connectivity index (χ1v) is 11.3. The summed E-state index contributed by atoms with van der Waals surface area (Å²) in [5, 5.41) is 2.90. The van der Waals surface area contributed by atoms with Crippen molar-refractivity contribution in [1.82, 2.24) is 5.32 Å². The van der Waals surface area contributed by atoms with Crippen molar-refractivity contribution in [2.24, 2.45) is 0 Å². The Labute approximate surface area is 201 Å². The van der Waals surface area contributed by atoms with Crippen LogP contribution < -0.4 is 24.3 Å². The molecule has 0 aliphatic rings. The smallest absolute Gasteiger partial charge is 0.244 e. The van der Waals surface area contributed by atoms with Gasteiger partial charge in [0.05, 0.1) is 13.7 Å². The van der Waals surface area contributed by atoms with Gasteiger partial charge in [0, 0.05) is 12.6 Å². The monoisotopic (exact) mass is 461 g/mol. The van der Waals surface area contributed by atoms with Crippen LogP contribution in [0.1, 0.15) is 18.1 Å². The molecule has 178 valence electrons. The molecule has 0 fully saturated rings. The minimum Gasteiger partial charge on any atom is -0.497 e. The van der Waals surface area contributed by atoms with E-state index in [0.717, 1.165) is 29.0 Å². The molecule has 0 aliphatic carbocycles. The summed E-state index contributed by atoms with van der Waals surface area (Å²) in [4.78, 5) is 12.2. The molecule has 0 bridgehead atoms. The largest absolute Gasteiger partial charge is 0.497 e. The fourth-order valence-corrected chi connectivity index (χ4v) is 3.20. The van der Waals surface area contributed by atoms with Crippen molar-refractivity contribution in [2.75, 3.05) is 33.5 Å². The van der Waals surface area contributed by atoms with Crippen molar-refractivity contribution >= 4 is 12.0 Å². The Balaban J connectivity index is 1.47. The van der Waals surface area contributed by atoms with Gasteiger partial charge < -0.3 is 24.3 Å². The van der Waals surface area contributed by atoms with E-state index in [-0.39, 0.29) is 5.91 Å². The number of carbonyl (C=O) groups is 1. The first-order chi connectivity index (χ1) is 16.7. The Hall–Kier alpha value is -3.93. The van der Waals surface area contributed by atoms with Crippen LogP contribution in [0.15, 0.2) is 78.9 Å². The average Bonchev–Trinajstić information content (AvgIpc) is 2.87. The fraction of sp³-hybridized carbons (Fsp3) is 0.250. The van der Waals surface area contributed by atoms with Gasteiger partial charge in [-0.15, -0.1) is 0 Å². The summed E-state index contributed by atoms with van der Waals surface area (Å²) in [6.45, 7) is 3.79. The zero-order chi connectivity index (χ0) is 24.0. The average molecular weight is 462 g/mol. The van der Waals surface area contributed by atoms with Crippen LogP contribution in [-0.2, 0) is 11.2 Å². The number of rotatable bonds is 13. The third kappa shape index (κ3) is 8.20. The normalized spacial score (nSPS) is 10.6. The van der Waals surface area contributed by atoms with Crippen LogP contribution in [0, 0.1) is 0 Å². The lowest BCUT2D eigenvalue weighted by Crippen LogP contribution is -2.23. The Kier molecular flexibility index (Phi) is 9.87. The number of hydrogen-bond acceptors (Lipinski definition) is 5. The maximum atomic E-state index is 12.2. The van der Waals surface area contributed by atoms with Crippen molar-refractivity contribution < 1.29 is 23.7 Å². The minimum absolute atomic E-state index is 0.148. The quantitative estimate of drug-likeness (QED) is 0.289. The third-order valence-electron chi connectivity index (χ3n) is 4.92. The number of nitrogens with one attached hydrogen (secondary N) is 1. The van der Waals surface area contributed by atoms with Gasteiger partial charge in [-0.05, 0) is 66.9 Å². The van der Waals surface area contributed by atoms with Crippen LogP contribution in [0.2, 0.25) is 0 Å². The highest BCUT2D eigenvalue weighted by atomic mass is 16.5. The van der Waals surface area contributed by atoms with Gasteiger partial charge >= 0.3 is 0 Å². The van der Waals surface area contributed by atoms with E-state index in [1.165, 1.54) is 6.08 Å². The maximum Gasteiger partial charge on any atom is 0.244 e. The highest BCUT2D eigenvalue weighted by Gasteiger charge is 2.06. The highest BCUT2D eigenvalue weighted by Crippen LogP contribution is 2.29. The van der Waals surface area contributed by atoms with Crippen LogP contribution >= 0.6 is 0 Å². The summed E-state index contributed by atoms with van der Waals surface area (Å²) < 4.78 is 22.4. The van der Waals surface area contributed by atoms with Gasteiger partial charge in [-0.25, -0.2) is 0 Å². The standard InChI is InChI=1S/C28H31NO5/c1-3-32-27-21-23(11-15-26(27)34-20-19-33-25-7-5-4-6-8-25)12-16-28(30)29-18-17-22-9-13-24(31-2)14-10-22/h4-16,21H,3,17-20H2,1-2H3,(H,29,30)/b16-12+. The second kappa shape index (κ2) is 13.6. The van der Waals surface area contributed by atoms with E-state index in [9.17, 15) is 4.79 Å². The van der Waals surface area contributed by atoms with Crippen molar-refractivity contribution in [2.45, 2.75) is 13.3 Å². The van der Waals surface area contributed by atoms with Crippen LogP contribution in [0.25, 0.3) is 6.08 Å². The van der Waals surface area contributed by atoms with Gasteiger partial charge in [-0.1, -0.05) is 36.4 Å². The molecule has 0 unspecified atom stereocenters. The first kappa shape index (κ1) is 24.7. The summed E-state index contributed by atoms with van der Waals surface area (Å²) in [7, 11) is 1.64. The zero-order valence-electron chi connectivity index (χ0n) is 19.7. The SMILES string of the molecule is CCOc1cc(/C=C/C(=O)NCCc2ccc(OC)cc2)ccc1OCCOc1ccccc1. The van der Waals surface area contributed by atoms with Crippen molar-refractivity contribution in [3.05, 3.63) is 90.0 Å². The van der Waals surface area contributed by atoms with E-state index in [0.29, 0.717) is 37.9 Å². The number of benzene rings is 3. The van der Waals surface area contributed by atoms with E-state index in [1.54, 1.807) is 13.2 Å². The molecule has 0 saturated carbocycles. The second-order valence-electron chi connectivity index (χ2n) is 7.37. The molecule has 0 spiro atoms. The summed E-state index contributed by atoms with van der Waals surface area (Å²) in [5.74, 6) is 2.74. The van der Waals surface area contributed by atoms with Gasteiger partial charge in [-0.3, -0.25) is 4.79 Å². The topological polar surface area (TPSA) is 66.0 Å². The molecule has 6 heteroatoms. The molecule has 0 atom stereocenters. The molecule has 6 nitrogen and oxygen atoms in total. The summed E-state index contributed by atoms with van der Waals surface area (Å²) in [6, 6.07) is 23.0. The molecule has 0 aromatic heterocycles. The molecule has 1 N–H and O–H groups in total. The number of carbonyl (C=O) groups excluding carboxylic acids is 1. The lowest BCUT2D eigenvalue weighted by molar-refractivity contribution is -0.116. The second-order valence-corrected chi connectivity index (χ2v) is 7.37. The van der Waals surface area contributed by atoms with E-state index >= 15 is 0 Å². The fourth-order valence-electron chi connectivity index (χ4n) is 3.20. The summed E-state index contributed by atoms with van der Waals surface area (Å²) >= 11 is 0. The third-order valence-corrected chi connectivity index (χ3v) is 4.92. The lowest BCUT2D eigenvalue weighted by atomic mass is 10.1. The van der Waals surface area contributed by atoms with E-state index in [1.807, 2.05) is 79.7 Å². The van der Waals surface area contributed by atoms with Crippen molar-refractivity contribution in [3.8, 4) is 23.0 Å². The number of para-hydroxylation sites is 1. The molecule has 3 aromatic rings. The van der Waals surface area contributed by atoms with Crippen LogP contribution in [0.3, 0.4) is 0 Å². The first-order valence-electron chi connectivity index (χ1n) is 11.3. The van der Waals surface area contributed by atoms with Crippen molar-refractivity contribution in [1.29, 1.82) is 0 Å². The molecule has 0 aliphatic heterocycles. The van der Waals surface area contributed by atoms with Crippen LogP contribution in [0.5, 0.6) is 23.0 Å². The molecule has 0 heterocycles. The number of hydrogen-bond donors (Lipinski definition) is 1. The molecule has 3 rings (SSSR count). The molecule has 34 heavy (non-hydrogen) atoms. The predicted octanol–water partition coefficient (Wildman–Crippen LogP) is 4.92. The zero-order valence-corrected chi connectivity index (χ0v) is 19.7.